The molecule has 6 heteroatoms. The zero-order valence-corrected chi connectivity index (χ0v) is 11.9. The molecule has 1 amide bonds. The van der Waals surface area contributed by atoms with E-state index in [4.69, 9.17) is 21.4 Å². The largest absolute Gasteiger partial charge is 0.481 e. The number of nitrogens with one attached hydrogen (secondary N) is 1. The molecule has 1 aliphatic heterocycles. The predicted octanol–water partition coefficient (Wildman–Crippen LogP) is 2.01. The maximum Gasteiger partial charge on any atom is 0.305 e. The molecule has 0 aliphatic carbocycles. The highest BCUT2D eigenvalue weighted by atomic mass is 35.5. The number of amides is 1. The van der Waals surface area contributed by atoms with E-state index in [-0.39, 0.29) is 18.9 Å². The predicted molar refractivity (Wildman–Crippen MR) is 74.1 cm³/mol. The van der Waals surface area contributed by atoms with Gasteiger partial charge < -0.3 is 15.2 Å². The third kappa shape index (κ3) is 3.29. The van der Waals surface area contributed by atoms with E-state index in [9.17, 15) is 9.59 Å². The van der Waals surface area contributed by atoms with Gasteiger partial charge >= 0.3 is 5.97 Å². The van der Waals surface area contributed by atoms with Crippen LogP contribution >= 0.6 is 11.6 Å². The molecule has 20 heavy (non-hydrogen) atoms. The number of hydrogen-bond acceptors (Lipinski definition) is 3. The molecule has 0 aromatic heterocycles. The van der Waals surface area contributed by atoms with Gasteiger partial charge in [-0.25, -0.2) is 0 Å². The molecular weight excluding hydrogens is 282 g/mol. The van der Waals surface area contributed by atoms with Crippen molar-refractivity contribution in [3.05, 3.63) is 34.3 Å². The summed E-state index contributed by atoms with van der Waals surface area (Å²) in [5.74, 6) is -1.26. The molecule has 1 aliphatic rings. The van der Waals surface area contributed by atoms with Crippen LogP contribution in [-0.2, 0) is 9.53 Å². The molecule has 1 saturated heterocycles. The fourth-order valence-electron chi connectivity index (χ4n) is 2.37. The van der Waals surface area contributed by atoms with Gasteiger partial charge in [0.1, 0.15) is 0 Å². The highest BCUT2D eigenvalue weighted by Gasteiger charge is 2.38. The minimum atomic E-state index is -0.955. The standard InChI is InChI=1S/C14H16ClNO4/c1-9-6-10(15)2-3-11(9)13(19)16-14(7-12(17)18)4-5-20-8-14/h2-3,6H,4-5,7-8H2,1H3,(H,16,19)(H,17,18). The normalized spacial score (nSPS) is 21.7. The monoisotopic (exact) mass is 297 g/mol. The van der Waals surface area contributed by atoms with Gasteiger partial charge in [-0.1, -0.05) is 11.6 Å². The van der Waals surface area contributed by atoms with Gasteiger partial charge in [0, 0.05) is 17.2 Å². The first kappa shape index (κ1) is 14.8. The Morgan fingerprint density at radius 1 is 1.50 bits per heavy atom. The topological polar surface area (TPSA) is 75.6 Å². The van der Waals surface area contributed by atoms with Crippen LogP contribution in [0.25, 0.3) is 0 Å². The molecule has 0 saturated carbocycles. The lowest BCUT2D eigenvalue weighted by Gasteiger charge is -2.27. The number of ether oxygens (including phenoxy) is 1. The number of carboxylic acids is 1. The van der Waals surface area contributed by atoms with Gasteiger partial charge in [0.2, 0.25) is 0 Å². The van der Waals surface area contributed by atoms with Gasteiger partial charge in [-0.3, -0.25) is 9.59 Å². The van der Waals surface area contributed by atoms with Crippen LogP contribution in [0.1, 0.15) is 28.8 Å². The second-order valence-electron chi connectivity index (χ2n) is 5.07. The van der Waals surface area contributed by atoms with Crippen molar-refractivity contribution < 1.29 is 19.4 Å². The van der Waals surface area contributed by atoms with Crippen molar-refractivity contribution >= 4 is 23.5 Å². The molecule has 0 spiro atoms. The van der Waals surface area contributed by atoms with Gasteiger partial charge in [-0.05, 0) is 37.1 Å². The van der Waals surface area contributed by atoms with Crippen LogP contribution in [0, 0.1) is 6.92 Å². The zero-order valence-electron chi connectivity index (χ0n) is 11.1. The van der Waals surface area contributed by atoms with Crippen molar-refractivity contribution in [3.63, 3.8) is 0 Å². The summed E-state index contributed by atoms with van der Waals surface area (Å²) in [4.78, 5) is 23.3. The Kier molecular flexibility index (Phi) is 4.30. The maximum absolute atomic E-state index is 12.3. The number of carbonyl (C=O) groups is 2. The highest BCUT2D eigenvalue weighted by molar-refractivity contribution is 6.30. The third-order valence-electron chi connectivity index (χ3n) is 3.40. The van der Waals surface area contributed by atoms with Crippen LogP contribution in [0.3, 0.4) is 0 Å². The Morgan fingerprint density at radius 3 is 2.80 bits per heavy atom. The lowest BCUT2D eigenvalue weighted by Crippen LogP contribution is -2.50. The number of aryl methyl sites for hydroxylation is 1. The number of halogens is 1. The Hall–Kier alpha value is -1.59. The van der Waals surface area contributed by atoms with E-state index in [1.165, 1.54) is 0 Å². The van der Waals surface area contributed by atoms with Crippen LogP contribution in [0.4, 0.5) is 0 Å². The Balaban J connectivity index is 2.18. The van der Waals surface area contributed by atoms with Gasteiger partial charge in [0.15, 0.2) is 0 Å². The van der Waals surface area contributed by atoms with Crippen LogP contribution in [0.2, 0.25) is 5.02 Å². The fraction of sp³-hybridized carbons (Fsp3) is 0.429. The van der Waals surface area contributed by atoms with E-state index < -0.39 is 11.5 Å². The number of carbonyl (C=O) groups excluding carboxylic acids is 1. The Bertz CT molecular complexity index is 538. The molecule has 1 heterocycles. The minimum absolute atomic E-state index is 0.147. The molecule has 0 radical (unpaired) electrons. The van der Waals surface area contributed by atoms with E-state index in [1.54, 1.807) is 25.1 Å². The first-order chi connectivity index (χ1) is 9.42. The minimum Gasteiger partial charge on any atom is -0.481 e. The zero-order chi connectivity index (χ0) is 14.8. The second-order valence-corrected chi connectivity index (χ2v) is 5.50. The van der Waals surface area contributed by atoms with Crippen LogP contribution in [0.5, 0.6) is 0 Å². The number of rotatable bonds is 4. The maximum atomic E-state index is 12.3. The van der Waals surface area contributed by atoms with Gasteiger partial charge in [-0.2, -0.15) is 0 Å². The van der Waals surface area contributed by atoms with E-state index in [0.29, 0.717) is 23.6 Å². The summed E-state index contributed by atoms with van der Waals surface area (Å²) in [6, 6.07) is 4.97. The number of carboxylic acid groups (broad SMARTS) is 1. The van der Waals surface area contributed by atoms with Gasteiger partial charge in [0.05, 0.1) is 18.6 Å². The molecule has 1 aromatic carbocycles. The van der Waals surface area contributed by atoms with Crippen molar-refractivity contribution in [1.82, 2.24) is 5.32 Å². The van der Waals surface area contributed by atoms with Crippen molar-refractivity contribution in [2.75, 3.05) is 13.2 Å². The number of hydrogen-bond donors (Lipinski definition) is 2. The van der Waals surface area contributed by atoms with Crippen molar-refractivity contribution in [2.45, 2.75) is 25.3 Å². The molecule has 5 nitrogen and oxygen atoms in total. The average Bonchev–Trinajstić information content (AvgIpc) is 2.75. The first-order valence-electron chi connectivity index (χ1n) is 6.30. The molecule has 108 valence electrons. The van der Waals surface area contributed by atoms with E-state index >= 15 is 0 Å². The number of benzene rings is 1. The SMILES string of the molecule is Cc1cc(Cl)ccc1C(=O)NC1(CC(=O)O)CCOC1. The molecule has 2 N–H and O–H groups in total. The summed E-state index contributed by atoms with van der Waals surface area (Å²) in [5, 5.41) is 12.4. The van der Waals surface area contributed by atoms with E-state index in [0.717, 1.165) is 5.56 Å². The molecule has 1 atom stereocenters. The Morgan fingerprint density at radius 2 is 2.25 bits per heavy atom. The Labute approximate surface area is 121 Å². The summed E-state index contributed by atoms with van der Waals surface area (Å²) in [5.41, 5.74) is 0.417. The molecule has 0 bridgehead atoms. The summed E-state index contributed by atoms with van der Waals surface area (Å²) in [6.07, 6.45) is 0.350. The number of aliphatic carboxylic acids is 1. The van der Waals surface area contributed by atoms with Crippen LogP contribution in [-0.4, -0.2) is 35.7 Å². The molecule has 1 aromatic rings. The van der Waals surface area contributed by atoms with Crippen LogP contribution < -0.4 is 5.32 Å². The fourth-order valence-corrected chi connectivity index (χ4v) is 2.60. The smallest absolute Gasteiger partial charge is 0.305 e. The van der Waals surface area contributed by atoms with Crippen LogP contribution in [0.15, 0.2) is 18.2 Å². The third-order valence-corrected chi connectivity index (χ3v) is 3.64. The van der Waals surface area contributed by atoms with Crippen molar-refractivity contribution in [2.24, 2.45) is 0 Å². The first-order valence-corrected chi connectivity index (χ1v) is 6.68. The van der Waals surface area contributed by atoms with Crippen molar-refractivity contribution in [1.29, 1.82) is 0 Å². The second kappa shape index (κ2) is 5.81. The molecule has 1 unspecified atom stereocenters. The summed E-state index contributed by atoms with van der Waals surface area (Å²) < 4.78 is 5.25. The highest BCUT2D eigenvalue weighted by Crippen LogP contribution is 2.24. The van der Waals surface area contributed by atoms with E-state index in [1.807, 2.05) is 0 Å². The molecule has 2 rings (SSSR count). The van der Waals surface area contributed by atoms with Crippen molar-refractivity contribution in [3.8, 4) is 0 Å². The van der Waals surface area contributed by atoms with Gasteiger partial charge in [0.25, 0.3) is 5.91 Å². The summed E-state index contributed by atoms with van der Waals surface area (Å²) in [7, 11) is 0. The molecular formula is C14H16ClNO4. The van der Waals surface area contributed by atoms with Gasteiger partial charge in [-0.15, -0.1) is 0 Å². The quantitative estimate of drug-likeness (QED) is 0.891. The summed E-state index contributed by atoms with van der Waals surface area (Å²) in [6.45, 7) is 2.46. The lowest BCUT2D eigenvalue weighted by molar-refractivity contribution is -0.138. The summed E-state index contributed by atoms with van der Waals surface area (Å²) >= 11 is 5.86. The lowest BCUT2D eigenvalue weighted by atomic mass is 9.93. The average molecular weight is 298 g/mol. The molecule has 1 fully saturated rings. The van der Waals surface area contributed by atoms with E-state index in [2.05, 4.69) is 5.32 Å².